The number of tetrazole rings is 1. The summed E-state index contributed by atoms with van der Waals surface area (Å²) in [5.41, 5.74) is 1.86. The van der Waals surface area contributed by atoms with Gasteiger partial charge in [-0.15, -0.1) is 5.10 Å². The average Bonchev–Trinajstić information content (AvgIpc) is 2.91. The van der Waals surface area contributed by atoms with E-state index in [9.17, 15) is 4.79 Å². The first-order chi connectivity index (χ1) is 9.08. The molecule has 1 heterocycles. The van der Waals surface area contributed by atoms with Crippen molar-refractivity contribution in [2.24, 2.45) is 0 Å². The molecule has 0 spiro atoms. The lowest BCUT2D eigenvalue weighted by atomic mass is 10.1. The van der Waals surface area contributed by atoms with E-state index in [1.807, 2.05) is 31.2 Å². The van der Waals surface area contributed by atoms with Gasteiger partial charge >= 0.3 is 5.97 Å². The number of hydrogen-bond acceptors (Lipinski definition) is 5. The van der Waals surface area contributed by atoms with Crippen molar-refractivity contribution in [3.63, 3.8) is 0 Å². The van der Waals surface area contributed by atoms with Crippen LogP contribution in [0.3, 0.4) is 0 Å². The molecule has 0 aliphatic heterocycles. The maximum absolute atomic E-state index is 10.7. The molecule has 7 nitrogen and oxygen atoms in total. The van der Waals surface area contributed by atoms with Gasteiger partial charge in [0.05, 0.1) is 12.2 Å². The van der Waals surface area contributed by atoms with Crippen LogP contribution in [0.2, 0.25) is 0 Å². The van der Waals surface area contributed by atoms with E-state index >= 15 is 0 Å². The van der Waals surface area contributed by atoms with Gasteiger partial charge < -0.3 is 5.11 Å². The highest BCUT2D eigenvalue weighted by molar-refractivity contribution is 5.69. The molecule has 0 fully saturated rings. The number of carboxylic acids is 1. The van der Waals surface area contributed by atoms with Crippen LogP contribution in [0.4, 0.5) is 0 Å². The van der Waals surface area contributed by atoms with Crippen LogP contribution in [0.5, 0.6) is 0 Å². The van der Waals surface area contributed by atoms with Gasteiger partial charge in [-0.05, 0) is 42.1 Å². The first-order valence-corrected chi connectivity index (χ1v) is 5.83. The standard InChI is InChI=1S/C12H15N5O2/c1-9(16(2)7-12(18)19)10-4-3-5-11(6-10)17-8-13-14-15-17/h3-6,8-9H,7H2,1-2H3,(H,18,19). The number of aromatic nitrogens is 4. The Bertz CT molecular complexity index is 555. The Hall–Kier alpha value is -2.28. The third-order valence-electron chi connectivity index (χ3n) is 3.01. The molecule has 2 rings (SSSR count). The van der Waals surface area contributed by atoms with Crippen LogP contribution in [-0.4, -0.2) is 49.8 Å². The summed E-state index contributed by atoms with van der Waals surface area (Å²) >= 11 is 0. The highest BCUT2D eigenvalue weighted by Crippen LogP contribution is 2.20. The van der Waals surface area contributed by atoms with E-state index in [0.717, 1.165) is 11.3 Å². The maximum atomic E-state index is 10.7. The van der Waals surface area contributed by atoms with Crippen molar-refractivity contribution in [3.8, 4) is 5.69 Å². The first-order valence-electron chi connectivity index (χ1n) is 5.83. The van der Waals surface area contributed by atoms with E-state index in [4.69, 9.17) is 5.11 Å². The average molecular weight is 261 g/mol. The van der Waals surface area contributed by atoms with Crippen LogP contribution < -0.4 is 0 Å². The summed E-state index contributed by atoms with van der Waals surface area (Å²) in [7, 11) is 1.78. The molecular formula is C12H15N5O2. The van der Waals surface area contributed by atoms with Gasteiger partial charge in [0.25, 0.3) is 0 Å². The number of likely N-dealkylation sites (N-methyl/N-ethyl adjacent to an activating group) is 1. The second-order valence-electron chi connectivity index (χ2n) is 4.33. The number of benzene rings is 1. The number of rotatable bonds is 5. The lowest BCUT2D eigenvalue weighted by molar-refractivity contribution is -0.138. The summed E-state index contributed by atoms with van der Waals surface area (Å²) in [6.45, 7) is 1.96. The summed E-state index contributed by atoms with van der Waals surface area (Å²) in [5.74, 6) is -0.842. The van der Waals surface area contributed by atoms with Gasteiger partial charge in [-0.1, -0.05) is 12.1 Å². The lowest BCUT2D eigenvalue weighted by Crippen LogP contribution is -2.28. The Morgan fingerprint density at radius 2 is 2.32 bits per heavy atom. The second kappa shape index (κ2) is 5.57. The van der Waals surface area contributed by atoms with Crippen molar-refractivity contribution in [2.45, 2.75) is 13.0 Å². The summed E-state index contributed by atoms with van der Waals surface area (Å²) in [5, 5.41) is 19.8. The highest BCUT2D eigenvalue weighted by Gasteiger charge is 2.14. The second-order valence-corrected chi connectivity index (χ2v) is 4.33. The molecule has 19 heavy (non-hydrogen) atoms. The van der Waals surface area contributed by atoms with Gasteiger partial charge in [-0.25, -0.2) is 4.68 Å². The number of hydrogen-bond donors (Lipinski definition) is 1. The fraction of sp³-hybridized carbons (Fsp3) is 0.333. The summed E-state index contributed by atoms with van der Waals surface area (Å²) in [6, 6.07) is 7.69. The SMILES string of the molecule is CC(c1cccc(-n2cnnn2)c1)N(C)CC(=O)O. The van der Waals surface area contributed by atoms with E-state index in [-0.39, 0.29) is 12.6 Å². The normalized spacial score (nSPS) is 12.6. The molecule has 0 amide bonds. The number of nitrogens with zero attached hydrogens (tertiary/aromatic N) is 5. The molecule has 1 aromatic carbocycles. The van der Waals surface area contributed by atoms with Crippen LogP contribution in [0.25, 0.3) is 5.69 Å². The molecule has 1 N–H and O–H groups in total. The molecule has 0 aliphatic carbocycles. The van der Waals surface area contributed by atoms with Crippen molar-refractivity contribution >= 4 is 5.97 Å². The van der Waals surface area contributed by atoms with E-state index < -0.39 is 5.97 Å². The van der Waals surface area contributed by atoms with Gasteiger partial charge in [0.1, 0.15) is 6.33 Å². The van der Waals surface area contributed by atoms with Crippen LogP contribution in [0.1, 0.15) is 18.5 Å². The molecular weight excluding hydrogens is 246 g/mol. The monoisotopic (exact) mass is 261 g/mol. The fourth-order valence-corrected chi connectivity index (χ4v) is 1.81. The molecule has 0 radical (unpaired) electrons. The molecule has 0 aliphatic rings. The molecule has 1 aromatic heterocycles. The topological polar surface area (TPSA) is 84.1 Å². The number of carboxylic acid groups (broad SMARTS) is 1. The maximum Gasteiger partial charge on any atom is 0.317 e. The molecule has 7 heteroatoms. The Labute approximate surface area is 110 Å². The molecule has 1 unspecified atom stereocenters. The van der Waals surface area contributed by atoms with E-state index in [0.29, 0.717) is 0 Å². The van der Waals surface area contributed by atoms with Gasteiger partial charge in [-0.3, -0.25) is 9.69 Å². The van der Waals surface area contributed by atoms with E-state index in [2.05, 4.69) is 15.5 Å². The zero-order chi connectivity index (χ0) is 13.8. The first kappa shape index (κ1) is 13.2. The zero-order valence-electron chi connectivity index (χ0n) is 10.8. The van der Waals surface area contributed by atoms with Gasteiger partial charge in [0.2, 0.25) is 0 Å². The van der Waals surface area contributed by atoms with Crippen molar-refractivity contribution in [3.05, 3.63) is 36.2 Å². The summed E-state index contributed by atoms with van der Waals surface area (Å²) < 4.78 is 1.56. The van der Waals surface area contributed by atoms with Gasteiger partial charge in [-0.2, -0.15) is 0 Å². The van der Waals surface area contributed by atoms with Crippen LogP contribution in [-0.2, 0) is 4.79 Å². The molecule has 2 aromatic rings. The Kier molecular flexibility index (Phi) is 3.86. The van der Waals surface area contributed by atoms with Crippen molar-refractivity contribution < 1.29 is 9.90 Å². The highest BCUT2D eigenvalue weighted by atomic mass is 16.4. The predicted molar refractivity (Wildman–Crippen MR) is 67.8 cm³/mol. The summed E-state index contributed by atoms with van der Waals surface area (Å²) in [6.07, 6.45) is 1.52. The van der Waals surface area contributed by atoms with E-state index in [1.54, 1.807) is 16.6 Å². The van der Waals surface area contributed by atoms with Crippen LogP contribution in [0.15, 0.2) is 30.6 Å². The fourth-order valence-electron chi connectivity index (χ4n) is 1.81. The Balaban J connectivity index is 2.21. The third kappa shape index (κ3) is 3.14. The third-order valence-corrected chi connectivity index (χ3v) is 3.01. The minimum absolute atomic E-state index is 0.00370. The quantitative estimate of drug-likeness (QED) is 0.854. The lowest BCUT2D eigenvalue weighted by Gasteiger charge is -2.23. The van der Waals surface area contributed by atoms with Crippen molar-refractivity contribution in [1.82, 2.24) is 25.1 Å². The molecule has 1 atom stereocenters. The van der Waals surface area contributed by atoms with Gasteiger partial charge in [0, 0.05) is 6.04 Å². The molecule has 0 saturated heterocycles. The Morgan fingerprint density at radius 1 is 1.53 bits per heavy atom. The largest absolute Gasteiger partial charge is 0.480 e. The van der Waals surface area contributed by atoms with Crippen molar-refractivity contribution in [2.75, 3.05) is 13.6 Å². The zero-order valence-corrected chi connectivity index (χ0v) is 10.8. The van der Waals surface area contributed by atoms with Crippen LogP contribution in [0, 0.1) is 0 Å². The molecule has 100 valence electrons. The number of aliphatic carboxylic acids is 1. The van der Waals surface area contributed by atoms with Crippen molar-refractivity contribution in [1.29, 1.82) is 0 Å². The molecule has 0 saturated carbocycles. The Morgan fingerprint density at radius 3 is 2.95 bits per heavy atom. The number of carbonyl (C=O) groups is 1. The van der Waals surface area contributed by atoms with E-state index in [1.165, 1.54) is 6.33 Å². The summed E-state index contributed by atoms with van der Waals surface area (Å²) in [4.78, 5) is 12.5. The van der Waals surface area contributed by atoms with Crippen LogP contribution >= 0.6 is 0 Å². The predicted octanol–water partition coefficient (Wildman–Crippen LogP) is 0.740. The molecule has 0 bridgehead atoms. The minimum Gasteiger partial charge on any atom is -0.480 e. The minimum atomic E-state index is -0.842. The van der Waals surface area contributed by atoms with Gasteiger partial charge in [0.15, 0.2) is 0 Å². The smallest absolute Gasteiger partial charge is 0.317 e.